The van der Waals surface area contributed by atoms with Crippen molar-refractivity contribution < 1.29 is 18.7 Å². The number of aromatic nitrogens is 2. The maximum Gasteiger partial charge on any atom is 0.410 e. The van der Waals surface area contributed by atoms with Gasteiger partial charge in [0.1, 0.15) is 17.7 Å². The number of nitrogens with zero attached hydrogens (tertiary/aromatic N) is 3. The number of nitrogens with two attached hydrogens (primary N) is 1. The largest absolute Gasteiger partial charge is 0.446 e. The van der Waals surface area contributed by atoms with Gasteiger partial charge in [-0.3, -0.25) is 4.79 Å². The predicted octanol–water partition coefficient (Wildman–Crippen LogP) is 3.55. The minimum absolute atomic E-state index is 0.0923. The Kier molecular flexibility index (Phi) is 4.33. The third kappa shape index (κ3) is 2.94. The maximum absolute atomic E-state index is 13.6. The van der Waals surface area contributed by atoms with Crippen molar-refractivity contribution in [3.8, 4) is 0 Å². The fraction of sp³-hybridized carbons (Fsp3) is 0.625. The Morgan fingerprint density at radius 1 is 1.22 bits per heavy atom. The molecule has 1 aromatic heterocycles. The van der Waals surface area contributed by atoms with Crippen LogP contribution in [0.25, 0.3) is 11.0 Å². The maximum atomic E-state index is 13.6. The molecule has 0 radical (unpaired) electrons. The fourth-order valence-electron chi connectivity index (χ4n) is 7.43. The smallest absolute Gasteiger partial charge is 0.410 e. The lowest BCUT2D eigenvalue weighted by atomic mass is 9.48. The molecule has 0 spiro atoms. The normalized spacial score (nSPS) is 35.6. The summed E-state index contributed by atoms with van der Waals surface area (Å²) in [5, 5.41) is 0. The molecular formula is C24H29FN4O3. The molecule has 7 nitrogen and oxygen atoms in total. The second-order valence-electron chi connectivity index (χ2n) is 10.5. The first kappa shape index (κ1) is 20.0. The molecule has 6 atom stereocenters. The van der Waals surface area contributed by atoms with E-state index >= 15 is 0 Å². The van der Waals surface area contributed by atoms with Crippen molar-refractivity contribution in [1.29, 1.82) is 0 Å². The van der Waals surface area contributed by atoms with E-state index < -0.39 is 0 Å². The summed E-state index contributed by atoms with van der Waals surface area (Å²) < 4.78 is 21.8. The number of primary amides is 1. The SMILES string of the molecule is Cc1nc2cc(F)ccc2n1[C@H]1CCN(C(=O)OC2C3CC4C[C@H]2CC(C(N)=O)(C4)C3)C1. The number of ether oxygens (including phenoxy) is 1. The molecule has 4 bridgehead atoms. The molecule has 170 valence electrons. The number of halogens is 1. The number of imidazole rings is 1. The van der Waals surface area contributed by atoms with Gasteiger partial charge in [-0.15, -0.1) is 0 Å². The molecule has 5 fully saturated rings. The number of amides is 2. The number of carbonyl (C=O) groups is 2. The van der Waals surface area contributed by atoms with Gasteiger partial charge < -0.3 is 19.9 Å². The monoisotopic (exact) mass is 440 g/mol. The quantitative estimate of drug-likeness (QED) is 0.790. The number of carbonyl (C=O) groups excluding carboxylic acids is 2. The van der Waals surface area contributed by atoms with Crippen molar-refractivity contribution in [2.45, 2.75) is 57.6 Å². The molecule has 2 heterocycles. The molecular weight excluding hydrogens is 411 g/mol. The molecule has 4 saturated carbocycles. The zero-order valence-electron chi connectivity index (χ0n) is 18.3. The van der Waals surface area contributed by atoms with Crippen LogP contribution in [0.2, 0.25) is 0 Å². The molecule has 4 aliphatic carbocycles. The van der Waals surface area contributed by atoms with Gasteiger partial charge in [-0.25, -0.2) is 14.2 Å². The highest BCUT2D eigenvalue weighted by molar-refractivity contribution is 5.81. The summed E-state index contributed by atoms with van der Waals surface area (Å²) in [7, 11) is 0. The van der Waals surface area contributed by atoms with Gasteiger partial charge in [0.05, 0.1) is 22.5 Å². The van der Waals surface area contributed by atoms with E-state index in [4.69, 9.17) is 10.5 Å². The average Bonchev–Trinajstić information content (AvgIpc) is 3.33. The first-order valence-corrected chi connectivity index (χ1v) is 11.7. The van der Waals surface area contributed by atoms with Crippen LogP contribution in [0.1, 0.15) is 50.4 Å². The van der Waals surface area contributed by atoms with E-state index in [9.17, 15) is 14.0 Å². The van der Waals surface area contributed by atoms with E-state index in [0.29, 0.717) is 24.5 Å². The second kappa shape index (κ2) is 6.93. The molecule has 1 aromatic carbocycles. The van der Waals surface area contributed by atoms with Crippen LogP contribution in [0.5, 0.6) is 0 Å². The van der Waals surface area contributed by atoms with Gasteiger partial charge in [0, 0.05) is 19.2 Å². The van der Waals surface area contributed by atoms with Gasteiger partial charge in [-0.05, 0) is 75.3 Å². The summed E-state index contributed by atoms with van der Waals surface area (Å²) >= 11 is 0. The third-order valence-electron chi connectivity index (χ3n) is 8.56. The highest BCUT2D eigenvalue weighted by atomic mass is 19.1. The molecule has 8 heteroatoms. The van der Waals surface area contributed by atoms with Crippen LogP contribution >= 0.6 is 0 Å². The molecule has 4 unspecified atom stereocenters. The number of hydrogen-bond acceptors (Lipinski definition) is 4. The zero-order chi connectivity index (χ0) is 22.2. The summed E-state index contributed by atoms with van der Waals surface area (Å²) in [5.41, 5.74) is 6.93. The Labute approximate surface area is 186 Å². The van der Waals surface area contributed by atoms with Gasteiger partial charge in [-0.1, -0.05) is 0 Å². The van der Waals surface area contributed by atoms with E-state index in [0.717, 1.165) is 49.9 Å². The van der Waals surface area contributed by atoms with Crippen molar-refractivity contribution in [1.82, 2.24) is 14.5 Å². The van der Waals surface area contributed by atoms with Crippen molar-refractivity contribution in [2.24, 2.45) is 28.9 Å². The van der Waals surface area contributed by atoms with E-state index in [1.807, 2.05) is 6.92 Å². The van der Waals surface area contributed by atoms with Crippen molar-refractivity contribution in [2.75, 3.05) is 13.1 Å². The first-order valence-electron chi connectivity index (χ1n) is 11.7. The van der Waals surface area contributed by atoms with Gasteiger partial charge in [0.25, 0.3) is 0 Å². The van der Waals surface area contributed by atoms with Crippen molar-refractivity contribution >= 4 is 23.0 Å². The summed E-state index contributed by atoms with van der Waals surface area (Å²) in [6.07, 6.45) is 4.93. The predicted molar refractivity (Wildman–Crippen MR) is 115 cm³/mol. The molecule has 2 amide bonds. The summed E-state index contributed by atoms with van der Waals surface area (Å²) in [6, 6.07) is 4.75. The van der Waals surface area contributed by atoms with Gasteiger partial charge in [-0.2, -0.15) is 0 Å². The Morgan fingerprint density at radius 2 is 1.97 bits per heavy atom. The molecule has 5 aliphatic rings. The Hall–Kier alpha value is -2.64. The lowest BCUT2D eigenvalue weighted by molar-refractivity contribution is -0.161. The molecule has 32 heavy (non-hydrogen) atoms. The van der Waals surface area contributed by atoms with E-state index in [-0.39, 0.29) is 47.2 Å². The third-order valence-corrected chi connectivity index (χ3v) is 8.56. The highest BCUT2D eigenvalue weighted by Gasteiger charge is 2.59. The Balaban J connectivity index is 1.16. The summed E-state index contributed by atoms with van der Waals surface area (Å²) in [5.74, 6) is 1.37. The van der Waals surface area contributed by atoms with Gasteiger partial charge in [0.15, 0.2) is 0 Å². The number of benzene rings is 1. The Bertz CT molecular complexity index is 1100. The number of fused-ring (bicyclic) bond motifs is 1. The standard InChI is InChI=1S/C24H29FN4O3/c1-13-27-19-8-17(25)2-3-20(19)29(13)18-4-5-28(12-18)23(31)32-21-15-6-14-7-16(21)11-24(9-14,10-15)22(26)30/h2-3,8,14-16,18,21H,4-7,9-12H2,1H3,(H2,26,30)/t14?,15-,16?,18-,21?,24?/m0/s1. The van der Waals surface area contributed by atoms with Crippen LogP contribution in [0.4, 0.5) is 9.18 Å². The van der Waals surface area contributed by atoms with Crippen molar-refractivity contribution in [3.63, 3.8) is 0 Å². The lowest BCUT2D eigenvalue weighted by Gasteiger charge is -2.58. The van der Waals surface area contributed by atoms with Crippen LogP contribution in [0, 0.1) is 35.9 Å². The average molecular weight is 441 g/mol. The van der Waals surface area contributed by atoms with Crippen LogP contribution in [0.3, 0.4) is 0 Å². The number of likely N-dealkylation sites (tertiary alicyclic amines) is 1. The van der Waals surface area contributed by atoms with E-state index in [1.165, 1.54) is 12.1 Å². The van der Waals surface area contributed by atoms with Crippen LogP contribution in [-0.2, 0) is 9.53 Å². The Morgan fingerprint density at radius 3 is 2.69 bits per heavy atom. The number of hydrogen-bond donors (Lipinski definition) is 1. The fourth-order valence-corrected chi connectivity index (χ4v) is 7.43. The second-order valence-corrected chi connectivity index (χ2v) is 10.5. The van der Waals surface area contributed by atoms with Crippen LogP contribution in [-0.4, -0.2) is 45.6 Å². The highest BCUT2D eigenvalue weighted by Crippen LogP contribution is 2.60. The minimum atomic E-state index is -0.377. The molecule has 7 rings (SSSR count). The number of rotatable bonds is 3. The molecule has 1 aliphatic heterocycles. The van der Waals surface area contributed by atoms with Gasteiger partial charge in [0.2, 0.25) is 5.91 Å². The number of aryl methyl sites for hydroxylation is 1. The molecule has 1 saturated heterocycles. The van der Waals surface area contributed by atoms with Crippen molar-refractivity contribution in [3.05, 3.63) is 29.8 Å². The molecule has 2 N–H and O–H groups in total. The summed E-state index contributed by atoms with van der Waals surface area (Å²) in [6.45, 7) is 3.10. The van der Waals surface area contributed by atoms with Crippen LogP contribution < -0.4 is 5.73 Å². The zero-order valence-corrected chi connectivity index (χ0v) is 18.3. The summed E-state index contributed by atoms with van der Waals surface area (Å²) in [4.78, 5) is 31.5. The van der Waals surface area contributed by atoms with Crippen LogP contribution in [0.15, 0.2) is 18.2 Å². The minimum Gasteiger partial charge on any atom is -0.446 e. The van der Waals surface area contributed by atoms with Gasteiger partial charge >= 0.3 is 6.09 Å². The lowest BCUT2D eigenvalue weighted by Crippen LogP contribution is -2.59. The first-order chi connectivity index (χ1) is 15.3. The molecule has 2 aromatic rings. The topological polar surface area (TPSA) is 90.4 Å². The van der Waals surface area contributed by atoms with E-state index in [2.05, 4.69) is 9.55 Å². The van der Waals surface area contributed by atoms with E-state index in [1.54, 1.807) is 11.0 Å².